The van der Waals surface area contributed by atoms with Crippen molar-refractivity contribution in [2.45, 2.75) is 6.92 Å². The molecule has 1 heterocycles. The van der Waals surface area contributed by atoms with Crippen molar-refractivity contribution in [3.8, 4) is 12.1 Å². The van der Waals surface area contributed by atoms with Crippen LogP contribution in [-0.4, -0.2) is 4.98 Å². The molecule has 1 rings (SSSR count). The zero-order valence-electron chi connectivity index (χ0n) is 6.00. The van der Waals surface area contributed by atoms with Crippen LogP contribution in [0.25, 0.3) is 0 Å². The van der Waals surface area contributed by atoms with Crippen molar-refractivity contribution in [2.24, 2.45) is 0 Å². The Balaban J connectivity index is 3.28. The summed E-state index contributed by atoms with van der Waals surface area (Å²) in [6.45, 7) is 1.82. The minimum Gasteiger partial charge on any atom is -0.226 e. The van der Waals surface area contributed by atoms with Crippen LogP contribution >= 0.6 is 0 Å². The van der Waals surface area contributed by atoms with E-state index < -0.39 is 0 Å². The van der Waals surface area contributed by atoms with Gasteiger partial charge in [0, 0.05) is 0 Å². The van der Waals surface area contributed by atoms with E-state index in [1.165, 1.54) is 0 Å². The van der Waals surface area contributed by atoms with E-state index >= 15 is 0 Å². The molecular formula is C8H5N3. The van der Waals surface area contributed by atoms with Crippen LogP contribution in [0.1, 0.15) is 17.0 Å². The van der Waals surface area contributed by atoms with Crippen molar-refractivity contribution >= 4 is 0 Å². The van der Waals surface area contributed by atoms with Gasteiger partial charge in [-0.3, -0.25) is 0 Å². The van der Waals surface area contributed by atoms with E-state index in [1.54, 1.807) is 12.1 Å². The lowest BCUT2D eigenvalue weighted by atomic mass is 10.2. The molecule has 0 bridgehead atoms. The molecule has 1 aromatic heterocycles. The van der Waals surface area contributed by atoms with Crippen LogP contribution in [0.15, 0.2) is 12.1 Å². The molecule has 52 valence electrons. The lowest BCUT2D eigenvalue weighted by molar-refractivity contribution is 1.19. The molecule has 0 aliphatic carbocycles. The molecule has 0 unspecified atom stereocenters. The second-order valence-corrected chi connectivity index (χ2v) is 2.14. The smallest absolute Gasteiger partial charge is 0.142 e. The molecule has 0 fully saturated rings. The van der Waals surface area contributed by atoms with Gasteiger partial charge >= 0.3 is 0 Å². The summed E-state index contributed by atoms with van der Waals surface area (Å²) < 4.78 is 0. The molecule has 0 N–H and O–H groups in total. The van der Waals surface area contributed by atoms with Crippen molar-refractivity contribution in [1.82, 2.24) is 4.98 Å². The van der Waals surface area contributed by atoms with Gasteiger partial charge in [-0.15, -0.1) is 0 Å². The Kier molecular flexibility index (Phi) is 1.85. The summed E-state index contributed by atoms with van der Waals surface area (Å²) >= 11 is 0. The monoisotopic (exact) mass is 143 g/mol. The summed E-state index contributed by atoms with van der Waals surface area (Å²) in [5, 5.41) is 16.9. The van der Waals surface area contributed by atoms with Crippen molar-refractivity contribution in [2.75, 3.05) is 0 Å². The second kappa shape index (κ2) is 2.81. The van der Waals surface area contributed by atoms with Gasteiger partial charge in [0.05, 0.1) is 0 Å². The molecule has 11 heavy (non-hydrogen) atoms. The third-order valence-corrected chi connectivity index (χ3v) is 1.20. The molecule has 0 saturated heterocycles. The first-order valence-electron chi connectivity index (χ1n) is 3.05. The van der Waals surface area contributed by atoms with Crippen LogP contribution in [0.2, 0.25) is 0 Å². The van der Waals surface area contributed by atoms with Gasteiger partial charge in [-0.1, -0.05) is 0 Å². The standard InChI is InChI=1S/C8H5N3/c1-6-2-7(4-9)11-8(3-6)5-10/h2-3H,1H3. The second-order valence-electron chi connectivity index (χ2n) is 2.14. The third kappa shape index (κ3) is 1.53. The van der Waals surface area contributed by atoms with Gasteiger partial charge in [0.25, 0.3) is 0 Å². The number of aromatic nitrogens is 1. The van der Waals surface area contributed by atoms with E-state index in [1.807, 2.05) is 19.1 Å². The van der Waals surface area contributed by atoms with E-state index in [-0.39, 0.29) is 0 Å². The van der Waals surface area contributed by atoms with Gasteiger partial charge in [-0.25, -0.2) is 4.98 Å². The maximum atomic E-state index is 8.46. The molecule has 0 spiro atoms. The Hall–Kier alpha value is -1.87. The molecule has 0 aliphatic heterocycles. The topological polar surface area (TPSA) is 60.5 Å². The first-order chi connectivity index (χ1) is 5.26. The summed E-state index contributed by atoms with van der Waals surface area (Å²) in [5.74, 6) is 0. The largest absolute Gasteiger partial charge is 0.226 e. The SMILES string of the molecule is Cc1cc(C#N)nc(C#N)c1. The Morgan fingerprint density at radius 2 is 1.64 bits per heavy atom. The maximum absolute atomic E-state index is 8.46. The molecule has 1 aromatic rings. The fourth-order valence-electron chi connectivity index (χ4n) is 0.782. The molecule has 3 nitrogen and oxygen atoms in total. The van der Waals surface area contributed by atoms with E-state index in [4.69, 9.17) is 10.5 Å². The van der Waals surface area contributed by atoms with E-state index in [2.05, 4.69) is 4.98 Å². The Labute approximate surface area is 64.5 Å². The van der Waals surface area contributed by atoms with Crippen LogP contribution in [0.4, 0.5) is 0 Å². The molecule has 0 radical (unpaired) electrons. The van der Waals surface area contributed by atoms with Crippen molar-refractivity contribution in [3.05, 3.63) is 29.1 Å². The van der Waals surface area contributed by atoms with Gasteiger partial charge in [0.1, 0.15) is 23.5 Å². The highest BCUT2D eigenvalue weighted by atomic mass is 14.7. The Morgan fingerprint density at radius 1 is 1.18 bits per heavy atom. The quantitative estimate of drug-likeness (QED) is 0.547. The maximum Gasteiger partial charge on any atom is 0.142 e. The minimum atomic E-state index is 0.293. The van der Waals surface area contributed by atoms with Gasteiger partial charge in [-0.2, -0.15) is 10.5 Å². The Morgan fingerprint density at radius 3 is 2.00 bits per heavy atom. The van der Waals surface area contributed by atoms with Crippen LogP contribution in [0, 0.1) is 29.6 Å². The van der Waals surface area contributed by atoms with E-state index in [0.29, 0.717) is 11.4 Å². The highest BCUT2D eigenvalue weighted by Gasteiger charge is 1.96. The number of aryl methyl sites for hydroxylation is 1. The van der Waals surface area contributed by atoms with E-state index in [9.17, 15) is 0 Å². The third-order valence-electron chi connectivity index (χ3n) is 1.20. The highest BCUT2D eigenvalue weighted by Crippen LogP contribution is 2.02. The average Bonchev–Trinajstić information content (AvgIpc) is 2.03. The van der Waals surface area contributed by atoms with Crippen molar-refractivity contribution in [1.29, 1.82) is 10.5 Å². The van der Waals surface area contributed by atoms with Gasteiger partial charge in [0.15, 0.2) is 0 Å². The molecule has 0 atom stereocenters. The van der Waals surface area contributed by atoms with Crippen molar-refractivity contribution in [3.63, 3.8) is 0 Å². The molecule has 0 amide bonds. The Bertz CT molecular complexity index is 322. The lowest BCUT2D eigenvalue weighted by Gasteiger charge is -1.92. The molecular weight excluding hydrogens is 138 g/mol. The summed E-state index contributed by atoms with van der Waals surface area (Å²) in [6, 6.07) is 7.04. The number of rotatable bonds is 0. The number of nitriles is 2. The number of hydrogen-bond donors (Lipinski definition) is 0. The predicted octanol–water partition coefficient (Wildman–Crippen LogP) is 1.13. The lowest BCUT2D eigenvalue weighted by Crippen LogP contribution is -1.88. The van der Waals surface area contributed by atoms with Crippen LogP contribution in [0.3, 0.4) is 0 Å². The van der Waals surface area contributed by atoms with Gasteiger partial charge in [-0.05, 0) is 24.6 Å². The van der Waals surface area contributed by atoms with E-state index in [0.717, 1.165) is 5.56 Å². The summed E-state index contributed by atoms with van der Waals surface area (Å²) in [5.41, 5.74) is 1.47. The molecule has 0 aliphatic rings. The van der Waals surface area contributed by atoms with Crippen LogP contribution < -0.4 is 0 Å². The first kappa shape index (κ1) is 7.24. The summed E-state index contributed by atoms with van der Waals surface area (Å²) in [6.07, 6.45) is 0. The zero-order valence-corrected chi connectivity index (χ0v) is 6.00. The molecule has 0 saturated carbocycles. The number of nitrogens with zero attached hydrogens (tertiary/aromatic N) is 3. The highest BCUT2D eigenvalue weighted by molar-refractivity contribution is 5.32. The van der Waals surface area contributed by atoms with Crippen LogP contribution in [0.5, 0.6) is 0 Å². The zero-order chi connectivity index (χ0) is 8.27. The molecule has 0 aromatic carbocycles. The predicted molar refractivity (Wildman–Crippen MR) is 38.4 cm³/mol. The average molecular weight is 143 g/mol. The number of pyridine rings is 1. The molecule has 3 heteroatoms. The normalized spacial score (nSPS) is 8.27. The van der Waals surface area contributed by atoms with Crippen molar-refractivity contribution < 1.29 is 0 Å². The number of hydrogen-bond acceptors (Lipinski definition) is 3. The van der Waals surface area contributed by atoms with Gasteiger partial charge < -0.3 is 0 Å². The minimum absolute atomic E-state index is 0.293. The fourth-order valence-corrected chi connectivity index (χ4v) is 0.782. The van der Waals surface area contributed by atoms with Gasteiger partial charge in [0.2, 0.25) is 0 Å². The van der Waals surface area contributed by atoms with Crippen LogP contribution in [-0.2, 0) is 0 Å². The summed E-state index contributed by atoms with van der Waals surface area (Å²) in [7, 11) is 0. The fraction of sp³-hybridized carbons (Fsp3) is 0.125. The first-order valence-corrected chi connectivity index (χ1v) is 3.05. The summed E-state index contributed by atoms with van der Waals surface area (Å²) in [4.78, 5) is 3.75.